The molecule has 0 amide bonds. The molecule has 0 aromatic carbocycles. The standard InChI is InChI=1S/C39H68N2O13/c1-10-14-29(44)52-37-25(5)50-31(21-39(37,6)47)53-34-24(4)51-38(33(46)32(34)41(7)8)54-35-26(17-18-40)19-22(2)27(42)16-13-11-12-15-23(3)49-30(45)20-28(43)36(35)48-9/h11-13,16,22-28,31-38,42-43,46-47H,10,14-15,17-21,40H2,1-9H3/b12-11+,16-13+/t22-,23-,24?,25?,26+,27+,28-,31?,32?,33?,34?,35+,36+,37?,38?,39?/m1/s1. The third-order valence-corrected chi connectivity index (χ3v) is 10.6. The van der Waals surface area contributed by atoms with Crippen molar-refractivity contribution in [3.05, 3.63) is 24.3 Å². The minimum Gasteiger partial charge on any atom is -0.462 e. The van der Waals surface area contributed by atoms with Crippen LogP contribution in [-0.4, -0.2) is 150 Å². The van der Waals surface area contributed by atoms with Crippen molar-refractivity contribution >= 4 is 11.9 Å². The second-order valence-corrected chi connectivity index (χ2v) is 15.7. The van der Waals surface area contributed by atoms with Gasteiger partial charge in [-0.15, -0.1) is 0 Å². The molecule has 0 aromatic rings. The summed E-state index contributed by atoms with van der Waals surface area (Å²) >= 11 is 0. The van der Waals surface area contributed by atoms with Crippen LogP contribution in [0.3, 0.4) is 0 Å². The van der Waals surface area contributed by atoms with E-state index in [-0.39, 0.29) is 31.7 Å². The van der Waals surface area contributed by atoms with Gasteiger partial charge in [0.05, 0.1) is 43.0 Å². The summed E-state index contributed by atoms with van der Waals surface area (Å²) in [6.45, 7) is 10.8. The van der Waals surface area contributed by atoms with E-state index in [1.807, 2.05) is 19.9 Å². The van der Waals surface area contributed by atoms with Gasteiger partial charge < -0.3 is 64.2 Å². The van der Waals surface area contributed by atoms with E-state index in [0.717, 1.165) is 0 Å². The van der Waals surface area contributed by atoms with Crippen molar-refractivity contribution in [3.8, 4) is 0 Å². The quantitative estimate of drug-likeness (QED) is 0.190. The fourth-order valence-electron chi connectivity index (χ4n) is 7.80. The number of likely N-dealkylation sites (N-methyl/N-ethyl adjacent to an activating group) is 1. The van der Waals surface area contributed by atoms with Crippen LogP contribution in [0.4, 0.5) is 0 Å². The zero-order chi connectivity index (χ0) is 40.3. The maximum absolute atomic E-state index is 12.9. The summed E-state index contributed by atoms with van der Waals surface area (Å²) < 4.78 is 42.6. The Kier molecular flexibility index (Phi) is 18.5. The molecule has 54 heavy (non-hydrogen) atoms. The van der Waals surface area contributed by atoms with E-state index in [0.29, 0.717) is 25.7 Å². The smallest absolute Gasteiger partial charge is 0.308 e. The normalized spacial score (nSPS) is 42.9. The predicted octanol–water partition coefficient (Wildman–Crippen LogP) is 1.96. The summed E-state index contributed by atoms with van der Waals surface area (Å²) in [5.41, 5.74) is 4.65. The molecule has 15 nitrogen and oxygen atoms in total. The Bertz CT molecular complexity index is 1220. The molecule has 312 valence electrons. The van der Waals surface area contributed by atoms with Crippen LogP contribution in [0.15, 0.2) is 24.3 Å². The molecule has 0 bridgehead atoms. The zero-order valence-electron chi connectivity index (χ0n) is 33.6. The number of hydrogen-bond acceptors (Lipinski definition) is 15. The van der Waals surface area contributed by atoms with Gasteiger partial charge in [0.1, 0.15) is 30.0 Å². The molecule has 0 radical (unpaired) electrons. The number of carbonyl (C=O) groups excluding carboxylic acids is 2. The number of aliphatic hydroxyl groups is 4. The first-order chi connectivity index (χ1) is 25.4. The molecular weight excluding hydrogens is 704 g/mol. The highest BCUT2D eigenvalue weighted by Crippen LogP contribution is 2.37. The maximum atomic E-state index is 12.9. The number of esters is 2. The summed E-state index contributed by atoms with van der Waals surface area (Å²) in [6.07, 6.45) is -2.37. The van der Waals surface area contributed by atoms with Crippen molar-refractivity contribution in [2.24, 2.45) is 17.6 Å². The van der Waals surface area contributed by atoms with Crippen LogP contribution in [0, 0.1) is 11.8 Å². The Morgan fingerprint density at radius 2 is 1.74 bits per heavy atom. The molecule has 3 rings (SSSR count). The van der Waals surface area contributed by atoms with E-state index < -0.39 is 103 Å². The van der Waals surface area contributed by atoms with E-state index in [9.17, 15) is 30.0 Å². The Morgan fingerprint density at radius 3 is 2.35 bits per heavy atom. The van der Waals surface area contributed by atoms with Gasteiger partial charge in [-0.2, -0.15) is 0 Å². The van der Waals surface area contributed by atoms with Gasteiger partial charge in [-0.1, -0.05) is 38.2 Å². The lowest BCUT2D eigenvalue weighted by Gasteiger charge is -2.50. The number of aliphatic hydroxyl groups excluding tert-OH is 3. The van der Waals surface area contributed by atoms with Crippen molar-refractivity contribution in [1.82, 2.24) is 4.90 Å². The van der Waals surface area contributed by atoms with Gasteiger partial charge in [0, 0.05) is 26.4 Å². The maximum Gasteiger partial charge on any atom is 0.308 e. The van der Waals surface area contributed by atoms with Crippen LogP contribution >= 0.6 is 0 Å². The fraction of sp³-hybridized carbons (Fsp3) is 0.846. The molecule has 15 heteroatoms. The number of methoxy groups -OCH3 is 1. The number of rotatable bonds is 11. The average Bonchev–Trinajstić information content (AvgIpc) is 3.07. The van der Waals surface area contributed by atoms with E-state index in [2.05, 4.69) is 0 Å². The van der Waals surface area contributed by atoms with Gasteiger partial charge in [0.15, 0.2) is 18.7 Å². The fourth-order valence-corrected chi connectivity index (χ4v) is 7.80. The van der Waals surface area contributed by atoms with E-state index in [4.69, 9.17) is 38.9 Å². The summed E-state index contributed by atoms with van der Waals surface area (Å²) in [5, 5.41) is 45.8. The molecule has 3 heterocycles. The first kappa shape index (κ1) is 46.4. The Hall–Kier alpha value is -2.02. The monoisotopic (exact) mass is 772 g/mol. The van der Waals surface area contributed by atoms with E-state index in [1.54, 1.807) is 64.9 Å². The van der Waals surface area contributed by atoms with Gasteiger partial charge in [-0.05, 0) is 79.4 Å². The average molecular weight is 773 g/mol. The highest BCUT2D eigenvalue weighted by atomic mass is 16.7. The highest BCUT2D eigenvalue weighted by Gasteiger charge is 2.52. The van der Waals surface area contributed by atoms with E-state index in [1.165, 1.54) is 7.11 Å². The molecule has 2 saturated heterocycles. The van der Waals surface area contributed by atoms with Crippen molar-refractivity contribution in [2.75, 3.05) is 27.7 Å². The van der Waals surface area contributed by atoms with Crippen LogP contribution < -0.4 is 5.73 Å². The number of nitrogens with zero attached hydrogens (tertiary/aromatic N) is 1. The Balaban J connectivity index is 1.91. The van der Waals surface area contributed by atoms with Gasteiger partial charge in [-0.25, -0.2) is 0 Å². The summed E-state index contributed by atoms with van der Waals surface area (Å²) in [5.74, 6) is -1.71. The molecule has 0 aromatic heterocycles. The molecule has 3 aliphatic rings. The molecule has 6 N–H and O–H groups in total. The van der Waals surface area contributed by atoms with Crippen LogP contribution in [0.2, 0.25) is 0 Å². The zero-order valence-corrected chi connectivity index (χ0v) is 33.6. The largest absolute Gasteiger partial charge is 0.462 e. The van der Waals surface area contributed by atoms with Gasteiger partial charge in [0.2, 0.25) is 0 Å². The van der Waals surface area contributed by atoms with Crippen molar-refractivity contribution < 1.29 is 63.2 Å². The molecule has 0 saturated carbocycles. The molecule has 0 aliphatic carbocycles. The topological polar surface area (TPSA) is 209 Å². The second-order valence-electron chi connectivity index (χ2n) is 15.7. The number of carbonyl (C=O) groups is 2. The third kappa shape index (κ3) is 12.7. The van der Waals surface area contributed by atoms with Gasteiger partial charge in [0.25, 0.3) is 0 Å². The molecule has 16 atom stereocenters. The molecule has 9 unspecified atom stereocenters. The van der Waals surface area contributed by atoms with Crippen LogP contribution in [0.1, 0.15) is 86.5 Å². The first-order valence-corrected chi connectivity index (χ1v) is 19.4. The SMILES string of the molecule is CCCC(=O)OC1C(C)OC(OC2C(C)OC(O[C@H]3[C@@H](CCN)C[C@@H](C)[C@@H](O)/C=C/C=C/C[C@@H](C)OC(=O)C[C@@H](O)[C@@H]3OC)C(O)C2N(C)C)CC1(C)O. The number of allylic oxidation sites excluding steroid dienone is 2. The molecule has 2 fully saturated rings. The minimum absolute atomic E-state index is 0.00617. The summed E-state index contributed by atoms with van der Waals surface area (Å²) in [6, 6.07) is -0.705. The van der Waals surface area contributed by atoms with Crippen molar-refractivity contribution in [2.45, 2.75) is 172 Å². The van der Waals surface area contributed by atoms with Crippen molar-refractivity contribution in [1.29, 1.82) is 0 Å². The predicted molar refractivity (Wildman–Crippen MR) is 199 cm³/mol. The van der Waals surface area contributed by atoms with Crippen LogP contribution in [0.5, 0.6) is 0 Å². The van der Waals surface area contributed by atoms with Gasteiger partial charge in [-0.3, -0.25) is 9.59 Å². The Morgan fingerprint density at radius 1 is 1.04 bits per heavy atom. The van der Waals surface area contributed by atoms with Gasteiger partial charge >= 0.3 is 11.9 Å². The summed E-state index contributed by atoms with van der Waals surface area (Å²) in [7, 11) is 4.98. The first-order valence-electron chi connectivity index (χ1n) is 19.4. The van der Waals surface area contributed by atoms with Crippen LogP contribution in [-0.2, 0) is 42.7 Å². The lowest BCUT2D eigenvalue weighted by atomic mass is 9.82. The second kappa shape index (κ2) is 21.5. The number of hydrogen-bond donors (Lipinski definition) is 5. The highest BCUT2D eigenvalue weighted by molar-refractivity contribution is 5.70. The molecule has 3 aliphatic heterocycles. The lowest BCUT2D eigenvalue weighted by Crippen LogP contribution is -2.66. The van der Waals surface area contributed by atoms with E-state index >= 15 is 0 Å². The lowest BCUT2D eigenvalue weighted by molar-refractivity contribution is -0.344. The summed E-state index contributed by atoms with van der Waals surface area (Å²) in [4.78, 5) is 27.0. The van der Waals surface area contributed by atoms with Crippen molar-refractivity contribution in [3.63, 3.8) is 0 Å². The number of ether oxygens (including phenoxy) is 7. The molecular formula is C39H68N2O13. The third-order valence-electron chi connectivity index (χ3n) is 10.6. The van der Waals surface area contributed by atoms with Crippen LogP contribution in [0.25, 0.3) is 0 Å². The number of cyclic esters (lactones) is 1. The Labute approximate surface area is 321 Å². The minimum atomic E-state index is -1.46. The molecule has 0 spiro atoms. The number of nitrogens with two attached hydrogens (primary N) is 1.